The van der Waals surface area contributed by atoms with Crippen LogP contribution in [-0.4, -0.2) is 41.7 Å². The summed E-state index contributed by atoms with van der Waals surface area (Å²) in [7, 11) is 1.60. The van der Waals surface area contributed by atoms with E-state index >= 15 is 0 Å². The second-order valence-electron chi connectivity index (χ2n) is 7.73. The van der Waals surface area contributed by atoms with Crippen molar-refractivity contribution in [2.24, 2.45) is 5.92 Å². The molecule has 1 aliphatic heterocycles. The highest BCUT2D eigenvalue weighted by molar-refractivity contribution is 6.55. The summed E-state index contributed by atoms with van der Waals surface area (Å²) >= 11 is 0. The molecule has 128 valence electrons. The van der Waals surface area contributed by atoms with Gasteiger partial charge in [-0.2, -0.15) is 5.10 Å². The van der Waals surface area contributed by atoms with Crippen LogP contribution in [0.4, 0.5) is 0 Å². The van der Waals surface area contributed by atoms with Gasteiger partial charge in [0.1, 0.15) is 0 Å². The average Bonchev–Trinajstić information content (AvgIpc) is 2.91. The molecule has 1 aromatic rings. The smallest absolute Gasteiger partial charge is 0.400 e. The summed E-state index contributed by atoms with van der Waals surface area (Å²) in [6.45, 7) is 14.3. The fraction of sp³-hybridized carbons (Fsp3) is 0.706. The fourth-order valence-corrected chi connectivity index (χ4v) is 2.54. The Morgan fingerprint density at radius 3 is 2.43 bits per heavy atom. The first-order chi connectivity index (χ1) is 10.6. The molecular formula is C17H30BN3O2. The summed E-state index contributed by atoms with van der Waals surface area (Å²) in [5.41, 5.74) is 1.50. The predicted octanol–water partition coefficient (Wildman–Crippen LogP) is 2.77. The number of hydrogen-bond donors (Lipinski definition) is 1. The van der Waals surface area contributed by atoms with Gasteiger partial charge in [0.05, 0.1) is 17.4 Å². The maximum atomic E-state index is 6.16. The molecule has 0 unspecified atom stereocenters. The number of aromatic nitrogens is 2. The Bertz CT molecular complexity index is 548. The van der Waals surface area contributed by atoms with Crippen LogP contribution in [-0.2, 0) is 15.9 Å². The Kier molecular flexibility index (Phi) is 5.39. The first-order valence-corrected chi connectivity index (χ1v) is 8.38. The summed E-state index contributed by atoms with van der Waals surface area (Å²) in [5.74, 6) is 0.576. The Hall–Kier alpha value is -1.11. The first kappa shape index (κ1) is 18.2. The fourth-order valence-electron chi connectivity index (χ4n) is 2.54. The van der Waals surface area contributed by atoms with Gasteiger partial charge in [0, 0.05) is 24.8 Å². The third-order valence-electron chi connectivity index (χ3n) is 4.49. The van der Waals surface area contributed by atoms with Crippen LogP contribution in [0.1, 0.15) is 47.1 Å². The summed E-state index contributed by atoms with van der Waals surface area (Å²) < 4.78 is 14.3. The summed E-state index contributed by atoms with van der Waals surface area (Å²) in [6, 6.07) is 0. The predicted molar refractivity (Wildman–Crippen MR) is 95.1 cm³/mol. The Morgan fingerprint density at radius 2 is 1.91 bits per heavy atom. The van der Waals surface area contributed by atoms with Crippen LogP contribution < -0.4 is 5.32 Å². The zero-order valence-electron chi connectivity index (χ0n) is 15.5. The Labute approximate surface area is 140 Å². The van der Waals surface area contributed by atoms with E-state index in [0.29, 0.717) is 12.5 Å². The van der Waals surface area contributed by atoms with E-state index in [-0.39, 0.29) is 18.3 Å². The molecule has 1 aromatic heterocycles. The molecule has 1 N–H and O–H groups in total. The zero-order valence-corrected chi connectivity index (χ0v) is 15.5. The van der Waals surface area contributed by atoms with E-state index < -0.39 is 0 Å². The molecule has 0 saturated carbocycles. The maximum Gasteiger partial charge on any atom is 0.491 e. The van der Waals surface area contributed by atoms with Crippen LogP contribution in [0.2, 0.25) is 0 Å². The monoisotopic (exact) mass is 319 g/mol. The zero-order chi connectivity index (χ0) is 17.3. The van der Waals surface area contributed by atoms with Gasteiger partial charge in [-0.05, 0) is 46.1 Å². The van der Waals surface area contributed by atoms with Crippen molar-refractivity contribution in [3.05, 3.63) is 23.4 Å². The maximum absolute atomic E-state index is 6.16. The second-order valence-corrected chi connectivity index (χ2v) is 7.73. The van der Waals surface area contributed by atoms with Gasteiger partial charge in [-0.25, -0.2) is 0 Å². The third-order valence-corrected chi connectivity index (χ3v) is 4.49. The van der Waals surface area contributed by atoms with E-state index in [4.69, 9.17) is 9.31 Å². The largest absolute Gasteiger partial charge is 0.491 e. The van der Waals surface area contributed by atoms with Crippen LogP contribution in [0.25, 0.3) is 6.08 Å². The molecule has 0 aromatic carbocycles. The molecule has 2 rings (SSSR count). The molecule has 1 saturated heterocycles. The van der Waals surface area contributed by atoms with Crippen LogP contribution in [0, 0.1) is 5.92 Å². The van der Waals surface area contributed by atoms with Crippen molar-refractivity contribution >= 4 is 13.2 Å². The number of hydrogen-bond acceptors (Lipinski definition) is 4. The minimum Gasteiger partial charge on any atom is -0.400 e. The van der Waals surface area contributed by atoms with Crippen molar-refractivity contribution in [1.82, 2.24) is 15.1 Å². The normalized spacial score (nSPS) is 20.5. The second kappa shape index (κ2) is 6.79. The van der Waals surface area contributed by atoms with Crippen molar-refractivity contribution < 1.29 is 9.31 Å². The quantitative estimate of drug-likeness (QED) is 0.819. The molecule has 23 heavy (non-hydrogen) atoms. The molecule has 0 bridgehead atoms. The highest BCUT2D eigenvalue weighted by Gasteiger charge is 2.52. The van der Waals surface area contributed by atoms with Gasteiger partial charge in [0.15, 0.2) is 0 Å². The van der Waals surface area contributed by atoms with Gasteiger partial charge < -0.3 is 14.6 Å². The molecule has 1 fully saturated rings. The lowest BCUT2D eigenvalue weighted by Gasteiger charge is -2.32. The van der Waals surface area contributed by atoms with Crippen molar-refractivity contribution in [2.75, 3.05) is 13.6 Å². The molecule has 0 spiro atoms. The number of nitrogens with one attached hydrogen (secondary N) is 1. The molecule has 0 aliphatic carbocycles. The Morgan fingerprint density at radius 1 is 1.30 bits per heavy atom. The molecule has 0 atom stereocenters. The van der Waals surface area contributed by atoms with Gasteiger partial charge in [-0.1, -0.05) is 19.9 Å². The van der Waals surface area contributed by atoms with Crippen molar-refractivity contribution in [1.29, 1.82) is 0 Å². The van der Waals surface area contributed by atoms with E-state index in [1.54, 1.807) is 0 Å². The lowest BCUT2D eigenvalue weighted by molar-refractivity contribution is 0.00578. The minimum atomic E-state index is -0.333. The molecule has 5 nitrogen and oxygen atoms in total. The highest BCUT2D eigenvalue weighted by atomic mass is 16.7. The van der Waals surface area contributed by atoms with E-state index in [9.17, 15) is 0 Å². The van der Waals surface area contributed by atoms with Crippen LogP contribution >= 0.6 is 0 Å². The highest BCUT2D eigenvalue weighted by Crippen LogP contribution is 2.38. The van der Waals surface area contributed by atoms with E-state index in [1.165, 1.54) is 0 Å². The van der Waals surface area contributed by atoms with E-state index in [2.05, 4.69) is 64.2 Å². The van der Waals surface area contributed by atoms with Crippen molar-refractivity contribution in [2.45, 2.75) is 59.3 Å². The van der Waals surface area contributed by atoms with Crippen molar-refractivity contribution in [3.63, 3.8) is 0 Å². The Balaban J connectivity index is 2.20. The lowest BCUT2D eigenvalue weighted by atomic mass is 9.77. The summed E-state index contributed by atoms with van der Waals surface area (Å²) in [6.07, 6.45) is 6.08. The van der Waals surface area contributed by atoms with Crippen LogP contribution in [0.15, 0.2) is 17.9 Å². The molecular weight excluding hydrogens is 289 g/mol. The van der Waals surface area contributed by atoms with Gasteiger partial charge in [0.25, 0.3) is 0 Å². The van der Waals surface area contributed by atoms with E-state index in [0.717, 1.165) is 17.6 Å². The standard InChI is InChI=1S/C17H30BN3O2/c1-13(2)11-21-12-14(9-20-21)8-15(10-19-7)18-22-16(3,4)17(5,6)23-18/h8-9,12-13,19H,10-11H2,1-7H3. The van der Waals surface area contributed by atoms with Crippen molar-refractivity contribution in [3.8, 4) is 0 Å². The molecule has 6 heteroatoms. The van der Waals surface area contributed by atoms with Gasteiger partial charge in [0.2, 0.25) is 0 Å². The minimum absolute atomic E-state index is 0.327. The molecule has 1 aliphatic rings. The van der Waals surface area contributed by atoms with Crippen LogP contribution in [0.5, 0.6) is 0 Å². The van der Waals surface area contributed by atoms with Gasteiger partial charge >= 0.3 is 7.12 Å². The lowest BCUT2D eigenvalue weighted by Crippen LogP contribution is -2.41. The third kappa shape index (κ3) is 4.25. The molecule has 0 amide bonds. The summed E-state index contributed by atoms with van der Waals surface area (Å²) in [5, 5.41) is 7.63. The van der Waals surface area contributed by atoms with Gasteiger partial charge in [-0.3, -0.25) is 4.68 Å². The van der Waals surface area contributed by atoms with Gasteiger partial charge in [-0.15, -0.1) is 0 Å². The van der Waals surface area contributed by atoms with Crippen LogP contribution in [0.3, 0.4) is 0 Å². The average molecular weight is 319 g/mol. The molecule has 0 radical (unpaired) electrons. The molecule has 2 heterocycles. The van der Waals surface area contributed by atoms with E-state index in [1.807, 2.05) is 17.9 Å². The number of rotatable bonds is 6. The number of nitrogens with zero attached hydrogens (tertiary/aromatic N) is 2. The topological polar surface area (TPSA) is 48.3 Å². The number of likely N-dealkylation sites (N-methyl/N-ethyl adjacent to an activating group) is 1. The summed E-state index contributed by atoms with van der Waals surface area (Å²) in [4.78, 5) is 0. The SMILES string of the molecule is CNCC(=Cc1cnn(CC(C)C)c1)B1OC(C)(C)C(C)(C)O1. The first-order valence-electron chi connectivity index (χ1n) is 8.38.